The Labute approximate surface area is 105 Å². The average Bonchev–Trinajstić information content (AvgIpc) is 2.22. The maximum atomic E-state index is 3.67. The molecule has 0 aromatic carbocycles. The molecule has 0 bridgehead atoms. The number of hydrogen-bond acceptors (Lipinski definition) is 0. The van der Waals surface area contributed by atoms with Crippen LogP contribution in [0.25, 0.3) is 0 Å². The van der Waals surface area contributed by atoms with Crippen LogP contribution < -0.4 is 0 Å². The summed E-state index contributed by atoms with van der Waals surface area (Å²) in [6.07, 6.45) is 9.85. The average molecular weight is 277 g/mol. The van der Waals surface area contributed by atoms with Crippen LogP contribution in [0.1, 0.15) is 72.6 Å². The molecule has 0 rings (SSSR count). The van der Waals surface area contributed by atoms with E-state index in [9.17, 15) is 0 Å². The quantitative estimate of drug-likeness (QED) is 0.369. The molecule has 0 spiro atoms. The molecule has 0 aliphatic heterocycles. The molecule has 0 aromatic rings. The van der Waals surface area contributed by atoms with Gasteiger partial charge in [0.15, 0.2) is 0 Å². The highest BCUT2D eigenvalue weighted by atomic mass is 79.9. The van der Waals surface area contributed by atoms with Crippen LogP contribution in [0.3, 0.4) is 0 Å². The van der Waals surface area contributed by atoms with Gasteiger partial charge < -0.3 is 0 Å². The first-order chi connectivity index (χ1) is 7.06. The lowest BCUT2D eigenvalue weighted by atomic mass is 9.77. The second kappa shape index (κ2) is 8.61. The first-order valence-electron chi connectivity index (χ1n) is 6.62. The van der Waals surface area contributed by atoms with Crippen LogP contribution in [0.2, 0.25) is 0 Å². The van der Waals surface area contributed by atoms with E-state index < -0.39 is 0 Å². The van der Waals surface area contributed by atoms with E-state index in [1.165, 1.54) is 44.9 Å². The smallest absolute Gasteiger partial charge is 0.00877 e. The molecule has 0 saturated carbocycles. The summed E-state index contributed by atoms with van der Waals surface area (Å²) >= 11 is 3.67. The van der Waals surface area contributed by atoms with E-state index in [0.717, 1.165) is 11.2 Å². The fraction of sp³-hybridized carbons (Fsp3) is 1.00. The largest absolute Gasteiger partial charge is 0.0922 e. The van der Waals surface area contributed by atoms with Crippen molar-refractivity contribution in [2.24, 2.45) is 11.3 Å². The number of rotatable bonds is 9. The van der Waals surface area contributed by atoms with Crippen LogP contribution in [0.15, 0.2) is 0 Å². The molecule has 1 atom stereocenters. The third-order valence-corrected chi connectivity index (χ3v) is 5.08. The van der Waals surface area contributed by atoms with Crippen LogP contribution >= 0.6 is 15.9 Å². The van der Waals surface area contributed by atoms with Crippen molar-refractivity contribution in [2.45, 2.75) is 72.6 Å². The van der Waals surface area contributed by atoms with Crippen molar-refractivity contribution in [3.05, 3.63) is 0 Å². The van der Waals surface area contributed by atoms with E-state index >= 15 is 0 Å². The number of alkyl halides is 1. The summed E-state index contributed by atoms with van der Waals surface area (Å²) in [5, 5.41) is 1.15. The lowest BCUT2D eigenvalue weighted by molar-refractivity contribution is 0.230. The zero-order chi connectivity index (χ0) is 11.7. The lowest BCUT2D eigenvalue weighted by Gasteiger charge is -2.32. The highest BCUT2D eigenvalue weighted by molar-refractivity contribution is 9.09. The van der Waals surface area contributed by atoms with Crippen LogP contribution in [0, 0.1) is 11.3 Å². The summed E-state index contributed by atoms with van der Waals surface area (Å²) in [7, 11) is 0. The Hall–Kier alpha value is 0.480. The van der Waals surface area contributed by atoms with Gasteiger partial charge in [0.2, 0.25) is 0 Å². The van der Waals surface area contributed by atoms with Gasteiger partial charge in [-0.15, -0.1) is 0 Å². The fourth-order valence-corrected chi connectivity index (χ4v) is 2.75. The van der Waals surface area contributed by atoms with Crippen molar-refractivity contribution in [3.63, 3.8) is 0 Å². The van der Waals surface area contributed by atoms with Gasteiger partial charge in [0, 0.05) is 5.33 Å². The highest BCUT2D eigenvalue weighted by Crippen LogP contribution is 2.34. The van der Waals surface area contributed by atoms with E-state index in [4.69, 9.17) is 0 Å². The second-order valence-electron chi connectivity index (χ2n) is 5.46. The molecule has 15 heavy (non-hydrogen) atoms. The molecule has 0 aliphatic carbocycles. The van der Waals surface area contributed by atoms with E-state index in [1.54, 1.807) is 0 Å². The molecule has 1 heteroatoms. The van der Waals surface area contributed by atoms with Crippen LogP contribution in [0.4, 0.5) is 0 Å². The molecule has 0 fully saturated rings. The number of unbranched alkanes of at least 4 members (excludes halogenated alkanes) is 5. The van der Waals surface area contributed by atoms with Crippen LogP contribution in [-0.2, 0) is 0 Å². The number of hydrogen-bond donors (Lipinski definition) is 0. The van der Waals surface area contributed by atoms with Gasteiger partial charge in [-0.1, -0.05) is 82.1 Å². The Bertz CT molecular complexity index is 142. The first-order valence-corrected chi connectivity index (χ1v) is 7.75. The van der Waals surface area contributed by atoms with Gasteiger partial charge in [0.25, 0.3) is 0 Å². The summed E-state index contributed by atoms with van der Waals surface area (Å²) < 4.78 is 0. The predicted octanol–water partition coefficient (Wildman–Crippen LogP) is 5.79. The molecule has 1 unspecified atom stereocenters. The monoisotopic (exact) mass is 276 g/mol. The predicted molar refractivity (Wildman–Crippen MR) is 74.7 cm³/mol. The standard InChI is InChI=1S/C14H29Br/c1-5-6-7-8-9-10-11-14(4,12-15)13(2)3/h13H,5-12H2,1-4H3. The molecule has 0 saturated heterocycles. The van der Waals surface area contributed by atoms with Crippen molar-refractivity contribution in [2.75, 3.05) is 5.33 Å². The molecule has 0 radical (unpaired) electrons. The van der Waals surface area contributed by atoms with Crippen LogP contribution in [-0.4, -0.2) is 5.33 Å². The van der Waals surface area contributed by atoms with Gasteiger partial charge in [0.05, 0.1) is 0 Å². The SMILES string of the molecule is CCCCCCCCC(C)(CBr)C(C)C. The van der Waals surface area contributed by atoms with Gasteiger partial charge in [0.1, 0.15) is 0 Å². The summed E-state index contributed by atoms with van der Waals surface area (Å²) in [4.78, 5) is 0. The third-order valence-electron chi connectivity index (χ3n) is 3.80. The van der Waals surface area contributed by atoms with Crippen molar-refractivity contribution in [1.29, 1.82) is 0 Å². The molecular formula is C14H29Br. The van der Waals surface area contributed by atoms with Gasteiger partial charge in [-0.05, 0) is 17.8 Å². The zero-order valence-electron chi connectivity index (χ0n) is 11.1. The molecule has 0 aromatic heterocycles. The van der Waals surface area contributed by atoms with E-state index in [2.05, 4.69) is 43.6 Å². The van der Waals surface area contributed by atoms with Gasteiger partial charge >= 0.3 is 0 Å². The third kappa shape index (κ3) is 6.60. The molecule has 92 valence electrons. The van der Waals surface area contributed by atoms with Crippen molar-refractivity contribution in [3.8, 4) is 0 Å². The van der Waals surface area contributed by atoms with Crippen molar-refractivity contribution in [1.82, 2.24) is 0 Å². The molecular weight excluding hydrogens is 248 g/mol. The molecule has 0 N–H and O–H groups in total. The Morgan fingerprint density at radius 3 is 2.00 bits per heavy atom. The van der Waals surface area contributed by atoms with Gasteiger partial charge in [-0.25, -0.2) is 0 Å². The van der Waals surface area contributed by atoms with Gasteiger partial charge in [-0.3, -0.25) is 0 Å². The molecule has 0 aliphatic rings. The minimum absolute atomic E-state index is 0.505. The Morgan fingerprint density at radius 2 is 1.53 bits per heavy atom. The first kappa shape index (κ1) is 15.5. The Kier molecular flexibility index (Phi) is 8.89. The molecule has 0 amide bonds. The minimum atomic E-state index is 0.505. The van der Waals surface area contributed by atoms with Crippen LogP contribution in [0.5, 0.6) is 0 Å². The summed E-state index contributed by atoms with van der Waals surface area (Å²) in [5.74, 6) is 0.785. The second-order valence-corrected chi connectivity index (χ2v) is 6.02. The van der Waals surface area contributed by atoms with E-state index in [-0.39, 0.29) is 0 Å². The maximum Gasteiger partial charge on any atom is 0.00877 e. The maximum absolute atomic E-state index is 3.67. The minimum Gasteiger partial charge on any atom is -0.0922 e. The molecule has 0 heterocycles. The summed E-state index contributed by atoms with van der Waals surface area (Å²) in [6.45, 7) is 9.38. The normalized spacial score (nSPS) is 15.6. The highest BCUT2D eigenvalue weighted by Gasteiger charge is 2.25. The molecule has 0 nitrogen and oxygen atoms in total. The van der Waals surface area contributed by atoms with E-state index in [1.807, 2.05) is 0 Å². The number of halogens is 1. The summed E-state index contributed by atoms with van der Waals surface area (Å²) in [5.41, 5.74) is 0.505. The van der Waals surface area contributed by atoms with Crippen molar-refractivity contribution >= 4 is 15.9 Å². The Morgan fingerprint density at radius 1 is 1.00 bits per heavy atom. The Balaban J connectivity index is 3.55. The fourth-order valence-electron chi connectivity index (χ4n) is 1.82. The zero-order valence-corrected chi connectivity index (χ0v) is 12.7. The van der Waals surface area contributed by atoms with Crippen molar-refractivity contribution < 1.29 is 0 Å². The topological polar surface area (TPSA) is 0 Å². The van der Waals surface area contributed by atoms with Gasteiger partial charge in [-0.2, -0.15) is 0 Å². The van der Waals surface area contributed by atoms with E-state index in [0.29, 0.717) is 5.41 Å². The summed E-state index contributed by atoms with van der Waals surface area (Å²) in [6, 6.07) is 0. The lowest BCUT2D eigenvalue weighted by Crippen LogP contribution is -2.25.